The number of hydrogen-bond donors (Lipinski definition) is 0. The van der Waals surface area contributed by atoms with Gasteiger partial charge < -0.3 is 0 Å². The molecule has 2 aromatic rings. The Kier molecular flexibility index (Phi) is 4.24. The van der Waals surface area contributed by atoms with Gasteiger partial charge in [-0.15, -0.1) is 0 Å². The number of rotatable bonds is 1. The SMILES string of the molecule is Cc1ccc(-c2cc(Cl)cc(Cl)c2Cl)cc1C(F)(F)F. The van der Waals surface area contributed by atoms with Crippen LogP contribution in [0.1, 0.15) is 11.1 Å². The van der Waals surface area contributed by atoms with E-state index < -0.39 is 11.7 Å². The zero-order valence-electron chi connectivity index (χ0n) is 10.2. The van der Waals surface area contributed by atoms with Gasteiger partial charge in [-0.3, -0.25) is 0 Å². The minimum absolute atomic E-state index is 0.144. The fourth-order valence-corrected chi connectivity index (χ4v) is 2.57. The van der Waals surface area contributed by atoms with Gasteiger partial charge in [-0.25, -0.2) is 0 Å². The van der Waals surface area contributed by atoms with E-state index in [1.54, 1.807) is 6.07 Å². The zero-order valence-corrected chi connectivity index (χ0v) is 12.4. The van der Waals surface area contributed by atoms with Gasteiger partial charge in [-0.2, -0.15) is 13.2 Å². The summed E-state index contributed by atoms with van der Waals surface area (Å²) in [6.07, 6.45) is -4.42. The maximum Gasteiger partial charge on any atom is 0.416 e. The van der Waals surface area contributed by atoms with Crippen molar-refractivity contribution in [3.05, 3.63) is 56.5 Å². The van der Waals surface area contributed by atoms with E-state index in [2.05, 4.69) is 0 Å². The third-order valence-corrected chi connectivity index (χ3v) is 3.87. The minimum atomic E-state index is -4.42. The van der Waals surface area contributed by atoms with Crippen molar-refractivity contribution in [1.29, 1.82) is 0 Å². The van der Waals surface area contributed by atoms with E-state index >= 15 is 0 Å². The maximum atomic E-state index is 12.9. The molecule has 0 unspecified atom stereocenters. The van der Waals surface area contributed by atoms with Crippen molar-refractivity contribution in [3.63, 3.8) is 0 Å². The standard InChI is InChI=1S/C14H8Cl3F3/c1-7-2-3-8(4-11(7)14(18,19)20)10-5-9(15)6-12(16)13(10)17/h2-6H,1H3. The molecule has 20 heavy (non-hydrogen) atoms. The van der Waals surface area contributed by atoms with Crippen molar-refractivity contribution in [2.75, 3.05) is 0 Å². The molecule has 0 N–H and O–H groups in total. The van der Waals surface area contributed by atoms with Crippen LogP contribution in [-0.4, -0.2) is 0 Å². The lowest BCUT2D eigenvalue weighted by Gasteiger charge is -2.13. The van der Waals surface area contributed by atoms with Crippen LogP contribution in [0, 0.1) is 6.92 Å². The van der Waals surface area contributed by atoms with Crippen LogP contribution in [0.5, 0.6) is 0 Å². The average Bonchev–Trinajstić information content (AvgIpc) is 2.33. The lowest BCUT2D eigenvalue weighted by molar-refractivity contribution is -0.138. The highest BCUT2D eigenvalue weighted by Crippen LogP contribution is 2.39. The van der Waals surface area contributed by atoms with Crippen LogP contribution in [-0.2, 0) is 6.18 Å². The van der Waals surface area contributed by atoms with E-state index in [0.29, 0.717) is 16.1 Å². The minimum Gasteiger partial charge on any atom is -0.166 e. The van der Waals surface area contributed by atoms with Crippen LogP contribution < -0.4 is 0 Å². The first-order valence-electron chi connectivity index (χ1n) is 5.53. The normalized spacial score (nSPS) is 11.8. The van der Waals surface area contributed by atoms with E-state index in [4.69, 9.17) is 34.8 Å². The van der Waals surface area contributed by atoms with Crippen LogP contribution in [0.25, 0.3) is 11.1 Å². The quantitative estimate of drug-likeness (QED) is 0.511. The Labute approximate surface area is 129 Å². The van der Waals surface area contributed by atoms with E-state index in [0.717, 1.165) is 6.07 Å². The van der Waals surface area contributed by atoms with Crippen LogP contribution in [0.2, 0.25) is 15.1 Å². The molecule has 0 aromatic heterocycles. The smallest absolute Gasteiger partial charge is 0.166 e. The summed E-state index contributed by atoms with van der Waals surface area (Å²) in [5.74, 6) is 0. The summed E-state index contributed by atoms with van der Waals surface area (Å²) in [6, 6.07) is 6.92. The maximum absolute atomic E-state index is 12.9. The first-order valence-corrected chi connectivity index (χ1v) is 6.66. The summed E-state index contributed by atoms with van der Waals surface area (Å²) in [7, 11) is 0. The predicted molar refractivity (Wildman–Crippen MR) is 76.6 cm³/mol. The molecule has 0 heterocycles. The van der Waals surface area contributed by atoms with Crippen molar-refractivity contribution < 1.29 is 13.2 Å². The lowest BCUT2D eigenvalue weighted by atomic mass is 9.99. The van der Waals surface area contributed by atoms with Gasteiger partial charge >= 0.3 is 6.18 Å². The molecule has 0 aliphatic heterocycles. The van der Waals surface area contributed by atoms with Gasteiger partial charge in [0.2, 0.25) is 0 Å². The Bertz CT molecular complexity index is 663. The average molecular weight is 340 g/mol. The van der Waals surface area contributed by atoms with Gasteiger partial charge in [-0.1, -0.05) is 46.9 Å². The van der Waals surface area contributed by atoms with Gasteiger partial charge in [0.1, 0.15) is 0 Å². The first-order chi connectivity index (χ1) is 9.20. The third kappa shape index (κ3) is 3.05. The highest BCUT2D eigenvalue weighted by molar-refractivity contribution is 6.45. The summed E-state index contributed by atoms with van der Waals surface area (Å²) in [5.41, 5.74) is 0.125. The molecule has 2 aromatic carbocycles. The summed E-state index contributed by atoms with van der Waals surface area (Å²) in [6.45, 7) is 1.40. The molecule has 0 fully saturated rings. The van der Waals surface area contributed by atoms with E-state index in [9.17, 15) is 13.2 Å². The van der Waals surface area contributed by atoms with Crippen LogP contribution in [0.3, 0.4) is 0 Å². The van der Waals surface area contributed by atoms with Crippen LogP contribution >= 0.6 is 34.8 Å². The van der Waals surface area contributed by atoms with Crippen molar-refractivity contribution in [2.24, 2.45) is 0 Å². The molecule has 0 saturated heterocycles. The Morgan fingerprint density at radius 3 is 2.20 bits per heavy atom. The second-order valence-electron chi connectivity index (χ2n) is 4.28. The van der Waals surface area contributed by atoms with Gasteiger partial charge in [0.15, 0.2) is 0 Å². The second kappa shape index (κ2) is 5.47. The summed E-state index contributed by atoms with van der Waals surface area (Å²) in [5, 5.41) is 0.680. The largest absolute Gasteiger partial charge is 0.416 e. The van der Waals surface area contributed by atoms with E-state index in [-0.39, 0.29) is 15.6 Å². The number of hydrogen-bond acceptors (Lipinski definition) is 0. The van der Waals surface area contributed by atoms with E-state index in [1.165, 1.54) is 25.1 Å². The Hall–Kier alpha value is -0.900. The highest BCUT2D eigenvalue weighted by Gasteiger charge is 2.32. The van der Waals surface area contributed by atoms with Gasteiger partial charge in [0, 0.05) is 10.6 Å². The summed E-state index contributed by atoms with van der Waals surface area (Å²) in [4.78, 5) is 0. The summed E-state index contributed by atoms with van der Waals surface area (Å²) < 4.78 is 38.8. The zero-order chi connectivity index (χ0) is 15.1. The monoisotopic (exact) mass is 338 g/mol. The molecule has 0 bridgehead atoms. The molecule has 0 atom stereocenters. The number of halogens is 6. The molecule has 0 amide bonds. The van der Waals surface area contributed by atoms with Gasteiger partial charge in [-0.05, 0) is 36.2 Å². The molecule has 0 radical (unpaired) electrons. The first kappa shape index (κ1) is 15.5. The number of alkyl halides is 3. The molecule has 6 heteroatoms. The fraction of sp³-hybridized carbons (Fsp3) is 0.143. The molecule has 106 valence electrons. The van der Waals surface area contributed by atoms with Crippen molar-refractivity contribution in [1.82, 2.24) is 0 Å². The van der Waals surface area contributed by atoms with Gasteiger partial charge in [0.05, 0.1) is 15.6 Å². The van der Waals surface area contributed by atoms with Crippen molar-refractivity contribution in [3.8, 4) is 11.1 Å². The second-order valence-corrected chi connectivity index (χ2v) is 5.50. The molecular weight excluding hydrogens is 332 g/mol. The molecule has 0 aliphatic carbocycles. The lowest BCUT2D eigenvalue weighted by Crippen LogP contribution is -2.07. The molecule has 0 nitrogen and oxygen atoms in total. The fourth-order valence-electron chi connectivity index (χ4n) is 1.86. The Morgan fingerprint density at radius 1 is 0.950 bits per heavy atom. The van der Waals surface area contributed by atoms with Crippen molar-refractivity contribution in [2.45, 2.75) is 13.1 Å². The molecular formula is C14H8Cl3F3. The third-order valence-electron chi connectivity index (χ3n) is 2.85. The number of benzene rings is 2. The van der Waals surface area contributed by atoms with E-state index in [1.807, 2.05) is 0 Å². The molecule has 2 rings (SSSR count). The Balaban J connectivity index is 2.66. The molecule has 0 spiro atoms. The van der Waals surface area contributed by atoms with Crippen LogP contribution in [0.15, 0.2) is 30.3 Å². The van der Waals surface area contributed by atoms with Crippen molar-refractivity contribution >= 4 is 34.8 Å². The van der Waals surface area contributed by atoms with Crippen LogP contribution in [0.4, 0.5) is 13.2 Å². The summed E-state index contributed by atoms with van der Waals surface area (Å²) >= 11 is 17.8. The number of aryl methyl sites for hydroxylation is 1. The molecule has 0 saturated carbocycles. The predicted octanol–water partition coefficient (Wildman–Crippen LogP) is 6.64. The topological polar surface area (TPSA) is 0 Å². The highest BCUT2D eigenvalue weighted by atomic mass is 35.5. The Morgan fingerprint density at radius 2 is 1.60 bits per heavy atom. The molecule has 0 aliphatic rings. The van der Waals surface area contributed by atoms with Gasteiger partial charge in [0.25, 0.3) is 0 Å².